The summed E-state index contributed by atoms with van der Waals surface area (Å²) >= 11 is 0. The maximum absolute atomic E-state index is 11.8. The average molecular weight is 249 g/mol. The van der Waals surface area contributed by atoms with E-state index in [1.54, 1.807) is 0 Å². The molecule has 16 heavy (non-hydrogen) atoms. The van der Waals surface area contributed by atoms with Crippen LogP contribution in [0.2, 0.25) is 0 Å². The van der Waals surface area contributed by atoms with E-state index in [1.807, 2.05) is 0 Å². The lowest BCUT2D eigenvalue weighted by Crippen LogP contribution is -2.36. The van der Waals surface area contributed by atoms with Gasteiger partial charge in [-0.15, -0.1) is 0 Å². The molecule has 0 amide bonds. The molecule has 1 saturated heterocycles. The molecule has 1 aliphatic heterocycles. The van der Waals surface area contributed by atoms with Gasteiger partial charge in [0, 0.05) is 13.1 Å². The van der Waals surface area contributed by atoms with Crippen molar-refractivity contribution in [3.63, 3.8) is 0 Å². The molecular weight excluding hydrogens is 230 g/mol. The van der Waals surface area contributed by atoms with Gasteiger partial charge in [0.15, 0.2) is 0 Å². The number of rotatable bonds is 4. The van der Waals surface area contributed by atoms with Gasteiger partial charge in [0.25, 0.3) is 0 Å². The van der Waals surface area contributed by atoms with E-state index in [2.05, 4.69) is 0 Å². The van der Waals surface area contributed by atoms with Crippen LogP contribution in [0.1, 0.15) is 38.5 Å². The molecule has 1 N–H and O–H groups in total. The number of aliphatic carboxylic acids is 1. The second-order valence-electron chi connectivity index (χ2n) is 4.13. The molecule has 0 saturated carbocycles. The first-order chi connectivity index (χ1) is 7.52. The lowest BCUT2D eigenvalue weighted by Gasteiger charge is -2.23. The fourth-order valence-electron chi connectivity index (χ4n) is 1.84. The van der Waals surface area contributed by atoms with Crippen LogP contribution in [0.4, 0.5) is 0 Å². The summed E-state index contributed by atoms with van der Waals surface area (Å²) in [7, 11) is -3.37. The second kappa shape index (κ2) is 6.20. The highest BCUT2D eigenvalue weighted by atomic mass is 32.2. The van der Waals surface area contributed by atoms with Gasteiger partial charge in [-0.25, -0.2) is 12.7 Å². The number of carboxylic acid groups (broad SMARTS) is 1. The normalized spacial score (nSPS) is 20.0. The fourth-order valence-corrected chi connectivity index (χ4v) is 3.35. The third kappa shape index (κ3) is 4.49. The topological polar surface area (TPSA) is 74.7 Å². The summed E-state index contributed by atoms with van der Waals surface area (Å²) in [6, 6.07) is 0. The van der Waals surface area contributed by atoms with Gasteiger partial charge in [-0.05, 0) is 12.8 Å². The summed E-state index contributed by atoms with van der Waals surface area (Å²) in [6.07, 6.45) is 4.75. The monoisotopic (exact) mass is 249 g/mol. The number of hydrogen-bond acceptors (Lipinski definition) is 3. The van der Waals surface area contributed by atoms with Gasteiger partial charge in [0.05, 0.1) is 12.2 Å². The first-order valence-electron chi connectivity index (χ1n) is 5.72. The molecule has 1 fully saturated rings. The molecule has 0 aromatic heterocycles. The van der Waals surface area contributed by atoms with Crippen molar-refractivity contribution in [1.29, 1.82) is 0 Å². The van der Waals surface area contributed by atoms with Crippen LogP contribution >= 0.6 is 0 Å². The highest BCUT2D eigenvalue weighted by Crippen LogP contribution is 2.14. The molecule has 0 aromatic carbocycles. The van der Waals surface area contributed by atoms with E-state index in [0.29, 0.717) is 13.1 Å². The molecule has 0 spiro atoms. The molecule has 0 aliphatic carbocycles. The number of nitrogens with zero attached hydrogens (tertiary/aromatic N) is 1. The SMILES string of the molecule is O=C(O)CCS(=O)(=O)N1CCCCCCC1. The molecule has 0 unspecified atom stereocenters. The minimum absolute atomic E-state index is 0.275. The van der Waals surface area contributed by atoms with E-state index < -0.39 is 16.0 Å². The summed E-state index contributed by atoms with van der Waals surface area (Å²) in [4.78, 5) is 10.4. The Bertz CT molecular complexity index is 318. The lowest BCUT2D eigenvalue weighted by molar-refractivity contribution is -0.136. The standard InChI is InChI=1S/C10H19NO4S/c12-10(13)6-9-16(14,15)11-7-4-2-1-3-5-8-11/h1-9H2,(H,12,13). The van der Waals surface area contributed by atoms with E-state index in [1.165, 1.54) is 10.7 Å². The molecule has 1 rings (SSSR count). The molecule has 0 radical (unpaired) electrons. The minimum Gasteiger partial charge on any atom is -0.481 e. The van der Waals surface area contributed by atoms with E-state index in [-0.39, 0.29) is 12.2 Å². The molecule has 0 aromatic rings. The van der Waals surface area contributed by atoms with Crippen LogP contribution in [0.15, 0.2) is 0 Å². The third-order valence-corrected chi connectivity index (χ3v) is 4.65. The van der Waals surface area contributed by atoms with E-state index in [0.717, 1.165) is 25.7 Å². The van der Waals surface area contributed by atoms with Gasteiger partial charge in [0.2, 0.25) is 10.0 Å². The number of sulfonamides is 1. The number of carbonyl (C=O) groups is 1. The Morgan fingerprint density at radius 3 is 2.06 bits per heavy atom. The Balaban J connectivity index is 2.54. The van der Waals surface area contributed by atoms with Crippen LogP contribution in [-0.4, -0.2) is 42.6 Å². The number of hydrogen-bond donors (Lipinski definition) is 1. The fraction of sp³-hybridized carbons (Fsp3) is 0.900. The lowest BCUT2D eigenvalue weighted by atomic mass is 10.1. The predicted octanol–water partition coefficient (Wildman–Crippen LogP) is 1.06. The van der Waals surface area contributed by atoms with Crippen LogP contribution in [0.5, 0.6) is 0 Å². The van der Waals surface area contributed by atoms with Crippen molar-refractivity contribution < 1.29 is 18.3 Å². The van der Waals surface area contributed by atoms with E-state index in [4.69, 9.17) is 5.11 Å². The van der Waals surface area contributed by atoms with Gasteiger partial charge in [-0.3, -0.25) is 4.79 Å². The molecule has 6 heteroatoms. The van der Waals surface area contributed by atoms with Crippen LogP contribution in [0, 0.1) is 0 Å². The summed E-state index contributed by atoms with van der Waals surface area (Å²) in [6.45, 7) is 1.09. The van der Waals surface area contributed by atoms with E-state index in [9.17, 15) is 13.2 Å². The first kappa shape index (κ1) is 13.4. The molecule has 5 nitrogen and oxygen atoms in total. The smallest absolute Gasteiger partial charge is 0.304 e. The zero-order chi connectivity index (χ0) is 12.0. The summed E-state index contributed by atoms with van der Waals surface area (Å²) in [5.74, 6) is -1.34. The largest absolute Gasteiger partial charge is 0.481 e. The summed E-state index contributed by atoms with van der Waals surface area (Å²) in [5, 5.41) is 8.49. The quantitative estimate of drug-likeness (QED) is 0.808. The Labute approximate surface area is 96.5 Å². The van der Waals surface area contributed by atoms with Crippen molar-refractivity contribution in [2.24, 2.45) is 0 Å². The maximum atomic E-state index is 11.8. The van der Waals surface area contributed by atoms with Crippen molar-refractivity contribution in [2.75, 3.05) is 18.8 Å². The zero-order valence-electron chi connectivity index (χ0n) is 9.39. The molecular formula is C10H19NO4S. The Kier molecular flexibility index (Phi) is 5.21. The maximum Gasteiger partial charge on any atom is 0.304 e. The van der Waals surface area contributed by atoms with Gasteiger partial charge in [0.1, 0.15) is 0 Å². The van der Waals surface area contributed by atoms with Crippen molar-refractivity contribution >= 4 is 16.0 Å². The highest BCUT2D eigenvalue weighted by Gasteiger charge is 2.22. The minimum atomic E-state index is -3.37. The van der Waals surface area contributed by atoms with Crippen molar-refractivity contribution in [2.45, 2.75) is 38.5 Å². The van der Waals surface area contributed by atoms with Crippen LogP contribution in [-0.2, 0) is 14.8 Å². The second-order valence-corrected chi connectivity index (χ2v) is 6.22. The first-order valence-corrected chi connectivity index (χ1v) is 7.33. The van der Waals surface area contributed by atoms with Crippen molar-refractivity contribution in [3.8, 4) is 0 Å². The van der Waals surface area contributed by atoms with Gasteiger partial charge < -0.3 is 5.11 Å². The Morgan fingerprint density at radius 1 is 1.06 bits per heavy atom. The molecule has 1 heterocycles. The Morgan fingerprint density at radius 2 is 1.56 bits per heavy atom. The number of carboxylic acids is 1. The molecule has 1 aliphatic rings. The Hall–Kier alpha value is -0.620. The zero-order valence-corrected chi connectivity index (χ0v) is 10.2. The average Bonchev–Trinajstić information content (AvgIpc) is 2.13. The van der Waals surface area contributed by atoms with Crippen LogP contribution in [0.3, 0.4) is 0 Å². The van der Waals surface area contributed by atoms with Gasteiger partial charge in [-0.2, -0.15) is 0 Å². The van der Waals surface area contributed by atoms with Gasteiger partial charge >= 0.3 is 5.97 Å². The highest BCUT2D eigenvalue weighted by molar-refractivity contribution is 7.89. The van der Waals surface area contributed by atoms with Crippen LogP contribution < -0.4 is 0 Å². The van der Waals surface area contributed by atoms with Crippen molar-refractivity contribution in [3.05, 3.63) is 0 Å². The van der Waals surface area contributed by atoms with E-state index >= 15 is 0 Å². The van der Waals surface area contributed by atoms with Gasteiger partial charge in [-0.1, -0.05) is 19.3 Å². The third-order valence-electron chi connectivity index (χ3n) is 2.78. The molecule has 94 valence electrons. The van der Waals surface area contributed by atoms with Crippen molar-refractivity contribution in [1.82, 2.24) is 4.31 Å². The summed E-state index contributed by atoms with van der Waals surface area (Å²) in [5.41, 5.74) is 0. The predicted molar refractivity (Wildman–Crippen MR) is 60.7 cm³/mol. The molecule has 0 atom stereocenters. The molecule has 0 bridgehead atoms. The van der Waals surface area contributed by atoms with Crippen LogP contribution in [0.25, 0.3) is 0 Å². The summed E-state index contributed by atoms with van der Waals surface area (Å²) < 4.78 is 25.1.